The lowest BCUT2D eigenvalue weighted by Gasteiger charge is -2.09. The van der Waals surface area contributed by atoms with Crippen LogP contribution in [0.3, 0.4) is 0 Å². The Morgan fingerprint density at radius 1 is 0.895 bits per heavy atom. The van der Waals surface area contributed by atoms with Gasteiger partial charge in [-0.3, -0.25) is 4.99 Å². The molecule has 0 aliphatic carbocycles. The molecule has 1 aliphatic rings. The second-order valence-corrected chi connectivity index (χ2v) is 5.30. The van der Waals surface area contributed by atoms with Gasteiger partial charge in [0, 0.05) is 5.71 Å². The van der Waals surface area contributed by atoms with Crippen molar-refractivity contribution in [2.75, 3.05) is 0 Å². The molecule has 1 unspecified atom stereocenters. The first-order valence-electron chi connectivity index (χ1n) is 6.94. The number of rotatable bonds is 2. The van der Waals surface area contributed by atoms with Gasteiger partial charge in [0.25, 0.3) is 0 Å². The molecule has 0 amide bonds. The normalized spacial score (nSPS) is 18.4. The van der Waals surface area contributed by atoms with Gasteiger partial charge >= 0.3 is 0 Å². The van der Waals surface area contributed by atoms with E-state index in [1.165, 1.54) is 28.0 Å². The van der Waals surface area contributed by atoms with E-state index in [1.54, 1.807) is 0 Å². The van der Waals surface area contributed by atoms with Crippen molar-refractivity contribution in [1.29, 1.82) is 0 Å². The van der Waals surface area contributed by atoms with Gasteiger partial charge in [-0.1, -0.05) is 48.5 Å². The van der Waals surface area contributed by atoms with Gasteiger partial charge in [-0.05, 0) is 48.9 Å². The SMILES string of the molecule is Cc1ccccc1C1=NC(c2ccccc2C)CC1. The second-order valence-electron chi connectivity index (χ2n) is 5.30. The van der Waals surface area contributed by atoms with Crippen LogP contribution in [0.15, 0.2) is 53.5 Å². The number of hydrogen-bond donors (Lipinski definition) is 0. The quantitative estimate of drug-likeness (QED) is 0.736. The van der Waals surface area contributed by atoms with Crippen LogP contribution < -0.4 is 0 Å². The molecular formula is C18H19N. The van der Waals surface area contributed by atoms with Gasteiger partial charge in [0.2, 0.25) is 0 Å². The smallest absolute Gasteiger partial charge is 0.0758 e. The Balaban J connectivity index is 1.94. The Bertz CT molecular complexity index is 625. The van der Waals surface area contributed by atoms with Crippen LogP contribution >= 0.6 is 0 Å². The van der Waals surface area contributed by atoms with E-state index in [2.05, 4.69) is 62.4 Å². The van der Waals surface area contributed by atoms with Crippen LogP contribution in [-0.2, 0) is 0 Å². The molecule has 1 nitrogen and oxygen atoms in total. The van der Waals surface area contributed by atoms with Gasteiger partial charge in [0.1, 0.15) is 0 Å². The fraction of sp³-hybridized carbons (Fsp3) is 0.278. The van der Waals surface area contributed by atoms with Crippen molar-refractivity contribution in [1.82, 2.24) is 0 Å². The topological polar surface area (TPSA) is 12.4 Å². The fourth-order valence-electron chi connectivity index (χ4n) is 2.88. The zero-order valence-electron chi connectivity index (χ0n) is 11.6. The summed E-state index contributed by atoms with van der Waals surface area (Å²) in [5, 5.41) is 0. The van der Waals surface area contributed by atoms with Gasteiger partial charge in [-0.25, -0.2) is 0 Å². The molecule has 0 radical (unpaired) electrons. The van der Waals surface area contributed by atoms with Crippen molar-refractivity contribution in [3.8, 4) is 0 Å². The molecule has 0 N–H and O–H groups in total. The fourth-order valence-corrected chi connectivity index (χ4v) is 2.88. The standard InChI is InChI=1S/C18H19N/c1-13-7-3-5-9-15(13)17-11-12-18(19-17)16-10-6-4-8-14(16)2/h3-10,17H,11-12H2,1-2H3. The number of aliphatic imine (C=N–C) groups is 1. The van der Waals surface area contributed by atoms with Gasteiger partial charge < -0.3 is 0 Å². The number of nitrogens with zero attached hydrogens (tertiary/aromatic N) is 1. The number of benzene rings is 2. The summed E-state index contributed by atoms with van der Waals surface area (Å²) in [4.78, 5) is 4.97. The Kier molecular flexibility index (Phi) is 3.20. The van der Waals surface area contributed by atoms with Crippen molar-refractivity contribution >= 4 is 5.71 Å². The molecular weight excluding hydrogens is 230 g/mol. The molecule has 0 saturated heterocycles. The Labute approximate surface area is 115 Å². The predicted octanol–water partition coefficient (Wildman–Crippen LogP) is 4.63. The molecule has 0 bridgehead atoms. The van der Waals surface area contributed by atoms with E-state index in [-0.39, 0.29) is 0 Å². The van der Waals surface area contributed by atoms with Crippen LogP contribution in [0.25, 0.3) is 0 Å². The van der Waals surface area contributed by atoms with Crippen LogP contribution in [-0.4, -0.2) is 5.71 Å². The van der Waals surface area contributed by atoms with E-state index < -0.39 is 0 Å². The van der Waals surface area contributed by atoms with Crippen LogP contribution in [0.4, 0.5) is 0 Å². The highest BCUT2D eigenvalue weighted by Crippen LogP contribution is 2.33. The highest BCUT2D eigenvalue weighted by molar-refractivity contribution is 6.02. The van der Waals surface area contributed by atoms with Crippen LogP contribution in [0, 0.1) is 13.8 Å². The molecule has 0 fully saturated rings. The zero-order chi connectivity index (χ0) is 13.2. The Hall–Kier alpha value is -1.89. The molecule has 0 aromatic heterocycles. The van der Waals surface area contributed by atoms with Crippen molar-refractivity contribution < 1.29 is 0 Å². The predicted molar refractivity (Wildman–Crippen MR) is 80.9 cm³/mol. The molecule has 0 spiro atoms. The molecule has 1 heteroatoms. The maximum Gasteiger partial charge on any atom is 0.0758 e. The summed E-state index contributed by atoms with van der Waals surface area (Å²) in [6.07, 6.45) is 2.22. The molecule has 1 heterocycles. The Morgan fingerprint density at radius 2 is 1.58 bits per heavy atom. The molecule has 1 atom stereocenters. The number of aryl methyl sites for hydroxylation is 2. The molecule has 19 heavy (non-hydrogen) atoms. The van der Waals surface area contributed by atoms with E-state index in [0.717, 1.165) is 12.8 Å². The second kappa shape index (κ2) is 5.00. The van der Waals surface area contributed by atoms with E-state index in [1.807, 2.05) is 0 Å². The summed E-state index contributed by atoms with van der Waals surface area (Å²) in [5.41, 5.74) is 6.64. The van der Waals surface area contributed by atoms with Crippen LogP contribution in [0.5, 0.6) is 0 Å². The van der Waals surface area contributed by atoms with Gasteiger partial charge in [-0.2, -0.15) is 0 Å². The van der Waals surface area contributed by atoms with Crippen molar-refractivity contribution in [3.05, 3.63) is 70.8 Å². The average Bonchev–Trinajstić information content (AvgIpc) is 2.89. The van der Waals surface area contributed by atoms with Gasteiger partial charge in [-0.15, -0.1) is 0 Å². The molecule has 2 aromatic carbocycles. The largest absolute Gasteiger partial charge is 0.281 e. The molecule has 2 aromatic rings. The zero-order valence-corrected chi connectivity index (χ0v) is 11.6. The van der Waals surface area contributed by atoms with Gasteiger partial charge in [0.15, 0.2) is 0 Å². The van der Waals surface area contributed by atoms with Crippen molar-refractivity contribution in [2.24, 2.45) is 4.99 Å². The third-order valence-corrected chi connectivity index (χ3v) is 3.97. The first-order chi connectivity index (χ1) is 9.25. The molecule has 1 aliphatic heterocycles. The highest BCUT2D eigenvalue weighted by Gasteiger charge is 2.21. The summed E-state index contributed by atoms with van der Waals surface area (Å²) >= 11 is 0. The van der Waals surface area contributed by atoms with Gasteiger partial charge in [0.05, 0.1) is 6.04 Å². The minimum atomic E-state index is 0.343. The van der Waals surface area contributed by atoms with Crippen molar-refractivity contribution in [3.63, 3.8) is 0 Å². The third kappa shape index (κ3) is 2.33. The summed E-state index contributed by atoms with van der Waals surface area (Å²) in [6.45, 7) is 4.34. The maximum absolute atomic E-state index is 4.97. The molecule has 96 valence electrons. The summed E-state index contributed by atoms with van der Waals surface area (Å²) in [7, 11) is 0. The first-order valence-corrected chi connectivity index (χ1v) is 6.94. The molecule has 0 saturated carbocycles. The third-order valence-electron chi connectivity index (χ3n) is 3.97. The van der Waals surface area contributed by atoms with Crippen molar-refractivity contribution in [2.45, 2.75) is 32.7 Å². The minimum absolute atomic E-state index is 0.343. The Morgan fingerprint density at radius 3 is 2.32 bits per heavy atom. The lowest BCUT2D eigenvalue weighted by Crippen LogP contribution is -1.98. The molecule has 3 rings (SSSR count). The van der Waals surface area contributed by atoms with E-state index in [9.17, 15) is 0 Å². The van der Waals surface area contributed by atoms with E-state index in [4.69, 9.17) is 4.99 Å². The number of hydrogen-bond acceptors (Lipinski definition) is 1. The van der Waals surface area contributed by atoms with Crippen LogP contribution in [0.2, 0.25) is 0 Å². The summed E-state index contributed by atoms with van der Waals surface area (Å²) < 4.78 is 0. The van der Waals surface area contributed by atoms with Crippen LogP contribution in [0.1, 0.15) is 41.1 Å². The lowest BCUT2D eigenvalue weighted by atomic mass is 9.98. The maximum atomic E-state index is 4.97. The van der Waals surface area contributed by atoms with E-state index >= 15 is 0 Å². The lowest BCUT2D eigenvalue weighted by molar-refractivity contribution is 0.718. The average molecular weight is 249 g/mol. The minimum Gasteiger partial charge on any atom is -0.281 e. The van der Waals surface area contributed by atoms with E-state index in [0.29, 0.717) is 6.04 Å². The monoisotopic (exact) mass is 249 g/mol. The highest BCUT2D eigenvalue weighted by atomic mass is 14.8. The summed E-state index contributed by atoms with van der Waals surface area (Å²) in [5.74, 6) is 0. The summed E-state index contributed by atoms with van der Waals surface area (Å²) in [6, 6.07) is 17.5. The first kappa shape index (κ1) is 12.2.